The second-order valence-electron chi connectivity index (χ2n) is 4.36. The Labute approximate surface area is 137 Å². The lowest BCUT2D eigenvalue weighted by Crippen LogP contribution is -1.94. The number of hydrogen-bond acceptors (Lipinski definition) is 1. The predicted octanol–water partition coefficient (Wildman–Crippen LogP) is 5.80. The zero-order valence-corrected chi connectivity index (χ0v) is 14.5. The van der Waals surface area contributed by atoms with Crippen LogP contribution in [0, 0.1) is 0 Å². The molecule has 2 rings (SSSR count). The largest absolute Gasteiger partial charge is 0.333 e. The molecule has 0 aromatic heterocycles. The molecule has 0 aliphatic heterocycles. The van der Waals surface area contributed by atoms with Crippen LogP contribution in [0.15, 0.2) is 86.0 Å². The van der Waals surface area contributed by atoms with Crippen molar-refractivity contribution < 1.29 is 0 Å². The van der Waals surface area contributed by atoms with E-state index < -0.39 is 0 Å². The molecule has 120 valence electrons. The van der Waals surface area contributed by atoms with Crippen molar-refractivity contribution in [3.63, 3.8) is 0 Å². The maximum Gasteiger partial charge on any atom is 0.00610 e. The summed E-state index contributed by atoms with van der Waals surface area (Å²) in [5.41, 5.74) is 7.25. The summed E-state index contributed by atoms with van der Waals surface area (Å²) in [6, 6.07) is 21.2. The Balaban J connectivity index is 0. The minimum absolute atomic E-state index is 0.484. The van der Waals surface area contributed by atoms with Crippen LogP contribution in [0.1, 0.15) is 37.8 Å². The monoisotopic (exact) mass is 297 g/mol. The van der Waals surface area contributed by atoms with E-state index in [2.05, 4.69) is 86.5 Å². The second kappa shape index (κ2) is 16.9. The Hall–Kier alpha value is -2.12. The normalized spacial score (nSPS) is 8.09. The lowest BCUT2D eigenvalue weighted by atomic mass is 9.93. The highest BCUT2D eigenvalue weighted by Gasteiger charge is 2.05. The molecule has 2 aromatic rings. The van der Waals surface area contributed by atoms with Crippen LogP contribution >= 0.6 is 0 Å². The molecule has 0 spiro atoms. The van der Waals surface area contributed by atoms with Crippen LogP contribution in [-0.4, -0.2) is 7.05 Å². The number of allylic oxidation sites excluding steroid dienone is 2. The van der Waals surface area contributed by atoms with Crippen molar-refractivity contribution in [2.75, 3.05) is 7.05 Å². The molecule has 0 atom stereocenters. The SMILES string of the molecule is C=CC.C=CC.CC(c1ccccc1)c1ccccc1.CN. The minimum Gasteiger partial charge on any atom is -0.333 e. The van der Waals surface area contributed by atoms with Crippen LogP contribution in [0.4, 0.5) is 0 Å². The predicted molar refractivity (Wildman–Crippen MR) is 102 cm³/mol. The Kier molecular flexibility index (Phi) is 17.1. The van der Waals surface area contributed by atoms with Gasteiger partial charge in [-0.25, -0.2) is 0 Å². The summed E-state index contributed by atoms with van der Waals surface area (Å²) in [5, 5.41) is 0. The first kappa shape index (κ1) is 22.2. The number of hydrogen-bond donors (Lipinski definition) is 1. The van der Waals surface area contributed by atoms with E-state index in [9.17, 15) is 0 Å². The van der Waals surface area contributed by atoms with Crippen molar-refractivity contribution in [1.82, 2.24) is 0 Å². The maximum absolute atomic E-state index is 4.50. The highest BCUT2D eigenvalue weighted by Crippen LogP contribution is 2.22. The molecule has 0 aliphatic rings. The molecule has 0 amide bonds. The van der Waals surface area contributed by atoms with Crippen molar-refractivity contribution in [3.8, 4) is 0 Å². The Morgan fingerprint density at radius 1 is 0.727 bits per heavy atom. The summed E-state index contributed by atoms with van der Waals surface area (Å²) in [7, 11) is 1.50. The van der Waals surface area contributed by atoms with Crippen LogP contribution < -0.4 is 5.73 Å². The molecule has 1 nitrogen and oxygen atoms in total. The van der Waals surface area contributed by atoms with Gasteiger partial charge < -0.3 is 5.73 Å². The van der Waals surface area contributed by atoms with Gasteiger partial charge in [0.05, 0.1) is 0 Å². The minimum atomic E-state index is 0.484. The molecule has 2 N–H and O–H groups in total. The van der Waals surface area contributed by atoms with Crippen LogP contribution in [-0.2, 0) is 0 Å². The number of rotatable bonds is 2. The summed E-state index contributed by atoms with van der Waals surface area (Å²) in [6.45, 7) is 12.7. The van der Waals surface area contributed by atoms with Gasteiger partial charge in [0.1, 0.15) is 0 Å². The third-order valence-corrected chi connectivity index (χ3v) is 2.60. The van der Waals surface area contributed by atoms with Crippen molar-refractivity contribution in [2.45, 2.75) is 26.7 Å². The smallest absolute Gasteiger partial charge is 0.00610 e. The first-order valence-electron chi connectivity index (χ1n) is 7.52. The van der Waals surface area contributed by atoms with E-state index in [0.29, 0.717) is 5.92 Å². The molecule has 0 aliphatic carbocycles. The highest BCUT2D eigenvalue weighted by molar-refractivity contribution is 5.31. The van der Waals surface area contributed by atoms with Crippen LogP contribution in [0.2, 0.25) is 0 Å². The summed E-state index contributed by atoms with van der Waals surface area (Å²) < 4.78 is 0. The van der Waals surface area contributed by atoms with Gasteiger partial charge in [-0.2, -0.15) is 0 Å². The molecule has 0 saturated carbocycles. The quantitative estimate of drug-likeness (QED) is 0.697. The zero-order chi connectivity index (χ0) is 17.2. The average Bonchev–Trinajstić information content (AvgIpc) is 2.59. The average molecular weight is 297 g/mol. The van der Waals surface area contributed by atoms with Gasteiger partial charge in [-0.15, -0.1) is 13.2 Å². The standard InChI is InChI=1S/C14H14.2C3H6.CH5N/c1-12(13-8-4-2-5-9-13)14-10-6-3-7-11-14;2*1-3-2;1-2/h2-12H,1H3;2*3H,1H2,2H3;2H2,1H3. The highest BCUT2D eigenvalue weighted by atomic mass is 14.4. The molecular formula is C21H31N. The van der Waals surface area contributed by atoms with Gasteiger partial charge in [-0.05, 0) is 32.0 Å². The molecule has 0 unspecified atom stereocenters. The topological polar surface area (TPSA) is 26.0 Å². The summed E-state index contributed by atoms with van der Waals surface area (Å²) in [5.74, 6) is 0.484. The van der Waals surface area contributed by atoms with Crippen LogP contribution in [0.5, 0.6) is 0 Å². The second-order valence-corrected chi connectivity index (χ2v) is 4.36. The third-order valence-electron chi connectivity index (χ3n) is 2.60. The van der Waals surface area contributed by atoms with Crippen LogP contribution in [0.3, 0.4) is 0 Å². The fraction of sp³-hybridized carbons (Fsp3) is 0.238. The molecule has 1 heteroatoms. The number of nitrogens with two attached hydrogens (primary N) is 1. The molecule has 0 heterocycles. The first-order chi connectivity index (χ1) is 10.7. The van der Waals surface area contributed by atoms with E-state index in [4.69, 9.17) is 0 Å². The van der Waals surface area contributed by atoms with Crippen molar-refractivity contribution >= 4 is 0 Å². The fourth-order valence-electron chi connectivity index (χ4n) is 1.68. The summed E-state index contributed by atoms with van der Waals surface area (Å²) >= 11 is 0. The molecule has 2 aromatic carbocycles. The number of benzene rings is 2. The van der Waals surface area contributed by atoms with E-state index in [-0.39, 0.29) is 0 Å². The third kappa shape index (κ3) is 10.6. The molecule has 22 heavy (non-hydrogen) atoms. The first-order valence-corrected chi connectivity index (χ1v) is 7.52. The van der Waals surface area contributed by atoms with Gasteiger partial charge in [0.25, 0.3) is 0 Å². The van der Waals surface area contributed by atoms with E-state index in [0.717, 1.165) is 0 Å². The lowest BCUT2D eigenvalue weighted by Gasteiger charge is -2.11. The zero-order valence-electron chi connectivity index (χ0n) is 14.5. The lowest BCUT2D eigenvalue weighted by molar-refractivity contribution is 0.922. The van der Waals surface area contributed by atoms with E-state index >= 15 is 0 Å². The molecule has 0 fully saturated rings. The van der Waals surface area contributed by atoms with Gasteiger partial charge >= 0.3 is 0 Å². The molecule has 0 radical (unpaired) electrons. The van der Waals surface area contributed by atoms with E-state index in [1.54, 1.807) is 12.2 Å². The van der Waals surface area contributed by atoms with E-state index in [1.165, 1.54) is 18.2 Å². The Bertz CT molecular complexity index is 414. The van der Waals surface area contributed by atoms with Crippen molar-refractivity contribution in [3.05, 3.63) is 97.1 Å². The van der Waals surface area contributed by atoms with Crippen molar-refractivity contribution in [1.29, 1.82) is 0 Å². The molecule has 0 bridgehead atoms. The van der Waals surface area contributed by atoms with Gasteiger partial charge in [-0.3, -0.25) is 0 Å². The van der Waals surface area contributed by atoms with Gasteiger partial charge in [0, 0.05) is 5.92 Å². The summed E-state index contributed by atoms with van der Waals surface area (Å²) in [4.78, 5) is 0. The van der Waals surface area contributed by atoms with E-state index in [1.807, 2.05) is 13.8 Å². The van der Waals surface area contributed by atoms with Crippen molar-refractivity contribution in [2.24, 2.45) is 5.73 Å². The van der Waals surface area contributed by atoms with Crippen LogP contribution in [0.25, 0.3) is 0 Å². The Morgan fingerprint density at radius 3 is 1.18 bits per heavy atom. The van der Waals surface area contributed by atoms with Gasteiger partial charge in [0.2, 0.25) is 0 Å². The fourth-order valence-corrected chi connectivity index (χ4v) is 1.68. The van der Waals surface area contributed by atoms with Gasteiger partial charge in [-0.1, -0.05) is 79.7 Å². The molecular weight excluding hydrogens is 266 g/mol. The maximum atomic E-state index is 4.50. The molecule has 0 saturated heterocycles. The van der Waals surface area contributed by atoms with Gasteiger partial charge in [0.15, 0.2) is 0 Å². The Morgan fingerprint density at radius 2 is 0.955 bits per heavy atom. The summed E-state index contributed by atoms with van der Waals surface area (Å²) in [6.07, 6.45) is 3.50.